The molecule has 0 aliphatic heterocycles. The smallest absolute Gasteiger partial charge is 0.277 e. The van der Waals surface area contributed by atoms with Gasteiger partial charge in [-0.15, -0.1) is 11.6 Å². The van der Waals surface area contributed by atoms with Crippen LogP contribution in [0.2, 0.25) is 0 Å². The van der Waals surface area contributed by atoms with Crippen molar-refractivity contribution in [2.75, 3.05) is 7.11 Å². The second kappa shape index (κ2) is 6.90. The highest BCUT2D eigenvalue weighted by molar-refractivity contribution is 6.17. The largest absolute Gasteiger partial charge is 0.493 e. The van der Waals surface area contributed by atoms with Gasteiger partial charge in [-0.25, -0.2) is 0 Å². The fourth-order valence-corrected chi connectivity index (χ4v) is 2.00. The Labute approximate surface area is 126 Å². The average molecular weight is 309 g/mol. The van der Waals surface area contributed by atoms with Crippen LogP contribution in [0.25, 0.3) is 0 Å². The van der Waals surface area contributed by atoms with Gasteiger partial charge in [0.15, 0.2) is 11.5 Å². The third-order valence-electron chi connectivity index (χ3n) is 2.82. The van der Waals surface area contributed by atoms with Gasteiger partial charge in [0, 0.05) is 23.5 Å². The molecule has 110 valence electrons. The summed E-state index contributed by atoms with van der Waals surface area (Å²) in [6.07, 6.45) is 3.32. The zero-order valence-electron chi connectivity index (χ0n) is 11.3. The van der Waals surface area contributed by atoms with Crippen molar-refractivity contribution < 1.29 is 14.4 Å². The standard InChI is InChI=1S/C14H13ClN2O4/c1-20-13-5-11(7-15)12(17(18)19)6-14(13)21-9-10-3-2-4-16-8-10/h2-6,8H,7,9H2,1H3. The summed E-state index contributed by atoms with van der Waals surface area (Å²) in [5.41, 5.74) is 1.14. The summed E-state index contributed by atoms with van der Waals surface area (Å²) in [6.45, 7) is 0.238. The summed E-state index contributed by atoms with van der Waals surface area (Å²) in [5.74, 6) is 0.720. The number of nitro benzene ring substituents is 1. The maximum absolute atomic E-state index is 11.0. The Morgan fingerprint density at radius 2 is 2.19 bits per heavy atom. The maximum Gasteiger partial charge on any atom is 0.277 e. The van der Waals surface area contributed by atoms with Crippen molar-refractivity contribution in [1.29, 1.82) is 0 Å². The number of nitro groups is 1. The molecule has 0 radical (unpaired) electrons. The number of hydrogen-bond acceptors (Lipinski definition) is 5. The van der Waals surface area contributed by atoms with Crippen LogP contribution in [0.5, 0.6) is 11.5 Å². The Hall–Kier alpha value is -2.34. The molecular formula is C14H13ClN2O4. The molecular weight excluding hydrogens is 296 g/mol. The quantitative estimate of drug-likeness (QED) is 0.465. The number of alkyl halides is 1. The van der Waals surface area contributed by atoms with Crippen molar-refractivity contribution >= 4 is 17.3 Å². The number of rotatable bonds is 6. The van der Waals surface area contributed by atoms with E-state index in [4.69, 9.17) is 21.1 Å². The number of benzene rings is 1. The van der Waals surface area contributed by atoms with Crippen LogP contribution in [0.15, 0.2) is 36.7 Å². The summed E-state index contributed by atoms with van der Waals surface area (Å²) >= 11 is 5.72. The van der Waals surface area contributed by atoms with Gasteiger partial charge in [0.25, 0.3) is 5.69 Å². The van der Waals surface area contributed by atoms with Crippen LogP contribution in [-0.2, 0) is 12.5 Å². The SMILES string of the molecule is COc1cc(CCl)c([N+](=O)[O-])cc1OCc1cccnc1. The second-order valence-electron chi connectivity index (χ2n) is 4.17. The van der Waals surface area contributed by atoms with Crippen molar-refractivity contribution in [1.82, 2.24) is 4.98 Å². The van der Waals surface area contributed by atoms with Crippen molar-refractivity contribution in [3.63, 3.8) is 0 Å². The number of nitrogens with zero attached hydrogens (tertiary/aromatic N) is 2. The Kier molecular flexibility index (Phi) is 4.94. The molecule has 2 rings (SSSR count). The summed E-state index contributed by atoms with van der Waals surface area (Å²) in [7, 11) is 1.47. The molecule has 7 heteroatoms. The molecule has 0 fully saturated rings. The van der Waals surface area contributed by atoms with Crippen LogP contribution in [0.4, 0.5) is 5.69 Å². The molecule has 1 aromatic heterocycles. The molecule has 0 saturated carbocycles. The number of pyridine rings is 1. The number of hydrogen-bond donors (Lipinski definition) is 0. The molecule has 0 bridgehead atoms. The first-order valence-electron chi connectivity index (χ1n) is 6.08. The van der Waals surface area contributed by atoms with E-state index in [1.807, 2.05) is 6.07 Å². The topological polar surface area (TPSA) is 74.5 Å². The summed E-state index contributed by atoms with van der Waals surface area (Å²) in [5, 5.41) is 11.0. The number of halogens is 1. The average Bonchev–Trinajstić information content (AvgIpc) is 2.52. The molecule has 0 aliphatic carbocycles. The Morgan fingerprint density at radius 1 is 1.38 bits per heavy atom. The van der Waals surface area contributed by atoms with Gasteiger partial charge in [-0.1, -0.05) is 6.07 Å². The molecule has 0 N–H and O–H groups in total. The van der Waals surface area contributed by atoms with Gasteiger partial charge in [-0.2, -0.15) is 0 Å². The van der Waals surface area contributed by atoms with E-state index in [0.29, 0.717) is 17.1 Å². The zero-order valence-corrected chi connectivity index (χ0v) is 12.0. The molecule has 6 nitrogen and oxygen atoms in total. The lowest BCUT2D eigenvalue weighted by Crippen LogP contribution is -2.01. The molecule has 0 spiro atoms. The maximum atomic E-state index is 11.0. The highest BCUT2D eigenvalue weighted by atomic mass is 35.5. The fourth-order valence-electron chi connectivity index (χ4n) is 1.79. The first-order valence-corrected chi connectivity index (χ1v) is 6.62. The van der Waals surface area contributed by atoms with Crippen molar-refractivity contribution in [2.24, 2.45) is 0 Å². The minimum Gasteiger partial charge on any atom is -0.493 e. The van der Waals surface area contributed by atoms with Crippen LogP contribution in [-0.4, -0.2) is 17.0 Å². The van der Waals surface area contributed by atoms with Gasteiger partial charge < -0.3 is 9.47 Å². The van der Waals surface area contributed by atoms with E-state index in [1.165, 1.54) is 19.2 Å². The Bertz CT molecular complexity index is 634. The van der Waals surface area contributed by atoms with Gasteiger partial charge in [0.05, 0.1) is 24.0 Å². The third kappa shape index (κ3) is 3.61. The fraction of sp³-hybridized carbons (Fsp3) is 0.214. The van der Waals surface area contributed by atoms with Gasteiger partial charge in [0.1, 0.15) is 6.61 Å². The van der Waals surface area contributed by atoms with Gasteiger partial charge in [-0.3, -0.25) is 15.1 Å². The number of ether oxygens (including phenoxy) is 2. The normalized spacial score (nSPS) is 10.2. The van der Waals surface area contributed by atoms with Crippen molar-refractivity contribution in [2.45, 2.75) is 12.5 Å². The molecule has 0 unspecified atom stereocenters. The lowest BCUT2D eigenvalue weighted by molar-refractivity contribution is -0.385. The first kappa shape index (κ1) is 15.1. The van der Waals surface area contributed by atoms with E-state index < -0.39 is 4.92 Å². The van der Waals surface area contributed by atoms with E-state index in [1.54, 1.807) is 18.5 Å². The van der Waals surface area contributed by atoms with E-state index >= 15 is 0 Å². The lowest BCUT2D eigenvalue weighted by atomic mass is 10.2. The predicted octanol–water partition coefficient (Wildman–Crippen LogP) is 3.32. The third-order valence-corrected chi connectivity index (χ3v) is 3.11. The predicted molar refractivity (Wildman–Crippen MR) is 77.8 cm³/mol. The highest BCUT2D eigenvalue weighted by Gasteiger charge is 2.19. The highest BCUT2D eigenvalue weighted by Crippen LogP contribution is 2.35. The summed E-state index contributed by atoms with van der Waals surface area (Å²) < 4.78 is 10.8. The monoisotopic (exact) mass is 308 g/mol. The molecule has 0 amide bonds. The molecule has 1 heterocycles. The van der Waals surface area contributed by atoms with Crippen molar-refractivity contribution in [3.8, 4) is 11.5 Å². The first-order chi connectivity index (χ1) is 10.2. The Morgan fingerprint density at radius 3 is 2.76 bits per heavy atom. The summed E-state index contributed by atoms with van der Waals surface area (Å²) in [6, 6.07) is 6.48. The number of aromatic nitrogens is 1. The van der Waals surface area contributed by atoms with Crippen molar-refractivity contribution in [3.05, 3.63) is 57.9 Å². The minimum absolute atomic E-state index is 0.0234. The van der Waals surface area contributed by atoms with Crippen LogP contribution in [0.3, 0.4) is 0 Å². The van der Waals surface area contributed by atoms with Crippen LogP contribution >= 0.6 is 11.6 Å². The lowest BCUT2D eigenvalue weighted by Gasteiger charge is -2.12. The molecule has 2 aromatic rings. The van der Waals surface area contributed by atoms with E-state index in [0.717, 1.165) is 5.56 Å². The van der Waals surface area contributed by atoms with E-state index in [2.05, 4.69) is 4.98 Å². The molecule has 0 atom stereocenters. The van der Waals surface area contributed by atoms with E-state index in [-0.39, 0.29) is 18.2 Å². The molecule has 0 saturated heterocycles. The van der Waals surface area contributed by atoms with Crippen LogP contribution in [0.1, 0.15) is 11.1 Å². The molecule has 21 heavy (non-hydrogen) atoms. The van der Waals surface area contributed by atoms with Crippen LogP contribution in [0, 0.1) is 10.1 Å². The van der Waals surface area contributed by atoms with Gasteiger partial charge in [0.2, 0.25) is 0 Å². The zero-order chi connectivity index (χ0) is 15.2. The second-order valence-corrected chi connectivity index (χ2v) is 4.44. The van der Waals surface area contributed by atoms with E-state index in [9.17, 15) is 10.1 Å². The number of methoxy groups -OCH3 is 1. The van der Waals surface area contributed by atoms with Gasteiger partial charge in [-0.05, 0) is 12.1 Å². The summed E-state index contributed by atoms with van der Waals surface area (Å²) in [4.78, 5) is 14.5. The minimum atomic E-state index is -0.492. The molecule has 0 aliphatic rings. The van der Waals surface area contributed by atoms with Gasteiger partial charge >= 0.3 is 0 Å². The Balaban J connectivity index is 2.29. The molecule has 1 aromatic carbocycles. The van der Waals surface area contributed by atoms with Crippen LogP contribution < -0.4 is 9.47 Å².